The van der Waals surface area contributed by atoms with Crippen LogP contribution in [0.1, 0.15) is 23.3 Å². The first kappa shape index (κ1) is 7.74. The molecule has 1 aliphatic carbocycles. The molecule has 2 aromatic heterocycles. The van der Waals surface area contributed by atoms with E-state index in [1.165, 1.54) is 0 Å². The highest BCUT2D eigenvalue weighted by Gasteiger charge is 2.31. The summed E-state index contributed by atoms with van der Waals surface area (Å²) in [6.07, 6.45) is 3.90. The van der Waals surface area contributed by atoms with E-state index in [4.69, 9.17) is 0 Å². The standard InChI is InChI=1S/C11H10N2O/c14-10(7-1-2-7)9-4-3-8-5-6-12-11(8)13-9/h3-7H,1-2H2,(H,12,13). The number of Topliss-reactive ketones (excluding diaryl/α,β-unsaturated/α-hetero) is 1. The second kappa shape index (κ2) is 2.67. The maximum absolute atomic E-state index is 11.7. The maximum Gasteiger partial charge on any atom is 0.184 e. The summed E-state index contributed by atoms with van der Waals surface area (Å²) in [4.78, 5) is 19.0. The zero-order chi connectivity index (χ0) is 9.54. The van der Waals surface area contributed by atoms with E-state index in [0.29, 0.717) is 5.69 Å². The number of hydrogen-bond acceptors (Lipinski definition) is 2. The molecule has 0 atom stereocenters. The third-order valence-corrected chi connectivity index (χ3v) is 2.61. The summed E-state index contributed by atoms with van der Waals surface area (Å²) < 4.78 is 0. The normalized spacial score (nSPS) is 16.0. The number of nitrogens with one attached hydrogen (secondary N) is 1. The van der Waals surface area contributed by atoms with Crippen molar-refractivity contribution in [1.29, 1.82) is 0 Å². The van der Waals surface area contributed by atoms with Crippen molar-refractivity contribution in [3.05, 3.63) is 30.1 Å². The Labute approximate surface area is 81.2 Å². The van der Waals surface area contributed by atoms with Crippen molar-refractivity contribution in [1.82, 2.24) is 9.97 Å². The Bertz CT molecular complexity index is 497. The van der Waals surface area contributed by atoms with Crippen LogP contribution in [0.2, 0.25) is 0 Å². The number of ketones is 1. The second-order valence-electron chi connectivity index (χ2n) is 3.75. The largest absolute Gasteiger partial charge is 0.346 e. The maximum atomic E-state index is 11.7. The first-order valence-electron chi connectivity index (χ1n) is 4.83. The van der Waals surface area contributed by atoms with Gasteiger partial charge in [-0.05, 0) is 31.0 Å². The van der Waals surface area contributed by atoms with Gasteiger partial charge in [-0.2, -0.15) is 0 Å². The van der Waals surface area contributed by atoms with Gasteiger partial charge in [0.25, 0.3) is 0 Å². The van der Waals surface area contributed by atoms with Crippen LogP contribution in [0.5, 0.6) is 0 Å². The Kier molecular flexibility index (Phi) is 1.48. The van der Waals surface area contributed by atoms with E-state index in [1.807, 2.05) is 24.4 Å². The van der Waals surface area contributed by atoms with Gasteiger partial charge in [0, 0.05) is 17.5 Å². The van der Waals surface area contributed by atoms with Gasteiger partial charge in [0.2, 0.25) is 0 Å². The molecule has 0 unspecified atom stereocenters. The fourth-order valence-corrected chi connectivity index (χ4v) is 1.62. The van der Waals surface area contributed by atoms with E-state index >= 15 is 0 Å². The van der Waals surface area contributed by atoms with E-state index in [9.17, 15) is 4.79 Å². The highest BCUT2D eigenvalue weighted by atomic mass is 16.1. The Morgan fingerprint density at radius 2 is 2.21 bits per heavy atom. The van der Waals surface area contributed by atoms with Crippen LogP contribution in [0.25, 0.3) is 11.0 Å². The third-order valence-electron chi connectivity index (χ3n) is 2.61. The molecular weight excluding hydrogens is 176 g/mol. The molecule has 3 heteroatoms. The summed E-state index contributed by atoms with van der Waals surface area (Å²) in [5, 5.41) is 1.05. The summed E-state index contributed by atoms with van der Waals surface area (Å²) >= 11 is 0. The Morgan fingerprint density at radius 1 is 1.36 bits per heavy atom. The van der Waals surface area contributed by atoms with Crippen LogP contribution in [0.4, 0.5) is 0 Å². The summed E-state index contributed by atoms with van der Waals surface area (Å²) in [7, 11) is 0. The van der Waals surface area contributed by atoms with E-state index in [-0.39, 0.29) is 11.7 Å². The number of aromatic amines is 1. The van der Waals surface area contributed by atoms with Crippen molar-refractivity contribution in [2.75, 3.05) is 0 Å². The lowest BCUT2D eigenvalue weighted by Crippen LogP contribution is -2.03. The number of nitrogens with zero attached hydrogens (tertiary/aromatic N) is 1. The zero-order valence-corrected chi connectivity index (χ0v) is 7.66. The molecule has 0 spiro atoms. The minimum absolute atomic E-state index is 0.196. The number of carbonyl (C=O) groups excluding carboxylic acids is 1. The lowest BCUT2D eigenvalue weighted by molar-refractivity contribution is 0.0963. The monoisotopic (exact) mass is 186 g/mol. The van der Waals surface area contributed by atoms with Crippen LogP contribution in [0, 0.1) is 5.92 Å². The molecule has 0 bridgehead atoms. The average Bonchev–Trinajstić information content (AvgIpc) is 2.95. The molecule has 3 rings (SSSR count). The van der Waals surface area contributed by atoms with Gasteiger partial charge in [0.1, 0.15) is 11.3 Å². The second-order valence-corrected chi connectivity index (χ2v) is 3.75. The van der Waals surface area contributed by atoms with Crippen molar-refractivity contribution < 1.29 is 4.79 Å². The summed E-state index contributed by atoms with van der Waals surface area (Å²) in [5.41, 5.74) is 1.40. The predicted molar refractivity (Wildman–Crippen MR) is 53.1 cm³/mol. The highest BCUT2D eigenvalue weighted by Crippen LogP contribution is 2.32. The molecule has 70 valence electrons. The van der Waals surface area contributed by atoms with Crippen LogP contribution in [-0.2, 0) is 0 Å². The number of rotatable bonds is 2. The Hall–Kier alpha value is -1.64. The Balaban J connectivity index is 2.07. The first-order chi connectivity index (χ1) is 6.84. The van der Waals surface area contributed by atoms with Gasteiger partial charge in [-0.1, -0.05) is 0 Å². The topological polar surface area (TPSA) is 45.8 Å². The number of hydrogen-bond donors (Lipinski definition) is 1. The van der Waals surface area contributed by atoms with Gasteiger partial charge in [-0.25, -0.2) is 4.98 Å². The van der Waals surface area contributed by atoms with Crippen LogP contribution in [0.15, 0.2) is 24.4 Å². The van der Waals surface area contributed by atoms with Gasteiger partial charge >= 0.3 is 0 Å². The average molecular weight is 186 g/mol. The lowest BCUT2D eigenvalue weighted by Gasteiger charge is -1.97. The summed E-state index contributed by atoms with van der Waals surface area (Å²) in [5.74, 6) is 0.441. The first-order valence-corrected chi connectivity index (χ1v) is 4.83. The van der Waals surface area contributed by atoms with Crippen molar-refractivity contribution >= 4 is 16.8 Å². The van der Waals surface area contributed by atoms with Gasteiger partial charge in [-0.15, -0.1) is 0 Å². The van der Waals surface area contributed by atoms with Gasteiger partial charge < -0.3 is 4.98 Å². The number of carbonyl (C=O) groups is 1. The summed E-state index contributed by atoms with van der Waals surface area (Å²) in [6.45, 7) is 0. The molecular formula is C11H10N2O. The molecule has 0 radical (unpaired) electrons. The quantitative estimate of drug-likeness (QED) is 0.730. The number of fused-ring (bicyclic) bond motifs is 1. The van der Waals surface area contributed by atoms with Crippen LogP contribution >= 0.6 is 0 Å². The number of H-pyrrole nitrogens is 1. The lowest BCUT2D eigenvalue weighted by atomic mass is 10.1. The molecule has 1 N–H and O–H groups in total. The molecule has 2 aromatic rings. The van der Waals surface area contributed by atoms with Crippen molar-refractivity contribution in [2.24, 2.45) is 5.92 Å². The van der Waals surface area contributed by atoms with Gasteiger partial charge in [0.15, 0.2) is 5.78 Å². The molecule has 3 nitrogen and oxygen atoms in total. The fraction of sp³-hybridized carbons (Fsp3) is 0.273. The SMILES string of the molecule is O=C(c1ccc2cc[nH]c2n1)C1CC1. The van der Waals surface area contributed by atoms with Crippen LogP contribution < -0.4 is 0 Å². The van der Waals surface area contributed by atoms with E-state index in [2.05, 4.69) is 9.97 Å². The van der Waals surface area contributed by atoms with E-state index < -0.39 is 0 Å². The molecule has 1 saturated carbocycles. The molecule has 0 saturated heterocycles. The summed E-state index contributed by atoms with van der Waals surface area (Å²) in [6, 6.07) is 5.71. The fourth-order valence-electron chi connectivity index (χ4n) is 1.62. The van der Waals surface area contributed by atoms with E-state index in [0.717, 1.165) is 23.9 Å². The molecule has 0 amide bonds. The van der Waals surface area contributed by atoms with Gasteiger partial charge in [-0.3, -0.25) is 4.79 Å². The molecule has 0 aliphatic heterocycles. The third kappa shape index (κ3) is 1.13. The smallest absolute Gasteiger partial charge is 0.184 e. The number of aromatic nitrogens is 2. The minimum atomic E-state index is 0.196. The Morgan fingerprint density at radius 3 is 3.00 bits per heavy atom. The number of pyridine rings is 1. The van der Waals surface area contributed by atoms with Crippen molar-refractivity contribution in [2.45, 2.75) is 12.8 Å². The predicted octanol–water partition coefficient (Wildman–Crippen LogP) is 2.16. The van der Waals surface area contributed by atoms with Crippen molar-refractivity contribution in [3.63, 3.8) is 0 Å². The van der Waals surface area contributed by atoms with Crippen LogP contribution in [-0.4, -0.2) is 15.8 Å². The highest BCUT2D eigenvalue weighted by molar-refractivity contribution is 5.99. The molecule has 1 fully saturated rings. The molecule has 0 aromatic carbocycles. The molecule has 14 heavy (non-hydrogen) atoms. The van der Waals surface area contributed by atoms with Crippen molar-refractivity contribution in [3.8, 4) is 0 Å². The minimum Gasteiger partial charge on any atom is -0.346 e. The van der Waals surface area contributed by atoms with Crippen LogP contribution in [0.3, 0.4) is 0 Å². The molecule has 2 heterocycles. The van der Waals surface area contributed by atoms with E-state index in [1.54, 1.807) is 0 Å². The van der Waals surface area contributed by atoms with Gasteiger partial charge in [0.05, 0.1) is 0 Å². The molecule has 1 aliphatic rings. The zero-order valence-electron chi connectivity index (χ0n) is 7.66.